The van der Waals surface area contributed by atoms with Gasteiger partial charge in [0.1, 0.15) is 5.92 Å². The Labute approximate surface area is 129 Å². The molecule has 112 valence electrons. The number of fused-ring (bicyclic) bond motifs is 1. The van der Waals surface area contributed by atoms with Crippen molar-refractivity contribution in [2.75, 3.05) is 6.54 Å². The summed E-state index contributed by atoms with van der Waals surface area (Å²) in [6.45, 7) is 2.34. The first-order valence-electron chi connectivity index (χ1n) is 7.32. The molecule has 4 nitrogen and oxygen atoms in total. The average molecular weight is 295 g/mol. The van der Waals surface area contributed by atoms with E-state index in [1.807, 2.05) is 37.3 Å². The molecule has 1 heterocycles. The number of hydrogen-bond acceptors (Lipinski definition) is 2. The topological polar surface area (TPSA) is 57.6 Å². The van der Waals surface area contributed by atoms with Crippen molar-refractivity contribution in [2.24, 2.45) is 0 Å². The van der Waals surface area contributed by atoms with Crippen LogP contribution in [0.25, 0.3) is 0 Å². The molecular formula is C18H17NO3. The van der Waals surface area contributed by atoms with Crippen LogP contribution in [0.1, 0.15) is 40.4 Å². The van der Waals surface area contributed by atoms with E-state index in [0.717, 1.165) is 5.56 Å². The molecule has 2 unspecified atom stereocenters. The summed E-state index contributed by atoms with van der Waals surface area (Å²) in [7, 11) is 0. The van der Waals surface area contributed by atoms with E-state index >= 15 is 0 Å². The maximum absolute atomic E-state index is 12.7. The second kappa shape index (κ2) is 5.64. The molecule has 2 atom stereocenters. The number of aliphatic carboxylic acids is 1. The van der Waals surface area contributed by atoms with E-state index in [0.29, 0.717) is 17.7 Å². The number of rotatable bonds is 3. The quantitative estimate of drug-likeness (QED) is 0.946. The fourth-order valence-electron chi connectivity index (χ4n) is 3.23. The minimum atomic E-state index is -0.910. The van der Waals surface area contributed by atoms with Gasteiger partial charge in [-0.05, 0) is 24.1 Å². The molecule has 0 aromatic heterocycles. The lowest BCUT2D eigenvalue weighted by Gasteiger charge is -2.40. The second-order valence-electron chi connectivity index (χ2n) is 5.35. The van der Waals surface area contributed by atoms with Crippen molar-refractivity contribution in [3.8, 4) is 0 Å². The smallest absolute Gasteiger partial charge is 0.313 e. The van der Waals surface area contributed by atoms with Gasteiger partial charge in [-0.15, -0.1) is 0 Å². The van der Waals surface area contributed by atoms with Gasteiger partial charge in [0.05, 0.1) is 6.04 Å². The lowest BCUT2D eigenvalue weighted by molar-refractivity contribution is -0.140. The zero-order valence-electron chi connectivity index (χ0n) is 12.3. The number of likely N-dealkylation sites (N-methyl/N-ethyl adjacent to an activating group) is 1. The Hall–Kier alpha value is -2.62. The molecule has 0 bridgehead atoms. The fourth-order valence-corrected chi connectivity index (χ4v) is 3.23. The third kappa shape index (κ3) is 2.17. The van der Waals surface area contributed by atoms with Crippen molar-refractivity contribution >= 4 is 11.9 Å². The molecule has 1 aliphatic heterocycles. The highest BCUT2D eigenvalue weighted by Gasteiger charge is 2.43. The minimum absolute atomic E-state index is 0.107. The molecule has 1 amide bonds. The number of carboxylic acids is 1. The van der Waals surface area contributed by atoms with Crippen molar-refractivity contribution in [3.05, 3.63) is 71.3 Å². The van der Waals surface area contributed by atoms with Gasteiger partial charge in [0.25, 0.3) is 5.91 Å². The van der Waals surface area contributed by atoms with Crippen LogP contribution in [0.4, 0.5) is 0 Å². The van der Waals surface area contributed by atoms with Gasteiger partial charge < -0.3 is 10.0 Å². The van der Waals surface area contributed by atoms with Gasteiger partial charge in [-0.3, -0.25) is 9.59 Å². The van der Waals surface area contributed by atoms with E-state index in [-0.39, 0.29) is 5.91 Å². The predicted molar refractivity (Wildman–Crippen MR) is 82.7 cm³/mol. The average Bonchev–Trinajstić information content (AvgIpc) is 2.55. The molecule has 2 aromatic carbocycles. The zero-order valence-corrected chi connectivity index (χ0v) is 12.3. The van der Waals surface area contributed by atoms with Gasteiger partial charge in [-0.1, -0.05) is 48.5 Å². The Morgan fingerprint density at radius 1 is 1.09 bits per heavy atom. The summed E-state index contributed by atoms with van der Waals surface area (Å²) >= 11 is 0. The lowest BCUT2D eigenvalue weighted by atomic mass is 9.80. The number of carbonyl (C=O) groups is 2. The first-order valence-corrected chi connectivity index (χ1v) is 7.32. The van der Waals surface area contributed by atoms with Crippen LogP contribution in [0.15, 0.2) is 54.6 Å². The highest BCUT2D eigenvalue weighted by Crippen LogP contribution is 2.42. The van der Waals surface area contributed by atoms with Crippen molar-refractivity contribution in [2.45, 2.75) is 18.9 Å². The first-order chi connectivity index (χ1) is 10.6. The molecular weight excluding hydrogens is 278 g/mol. The standard InChI is InChI=1S/C18H17NO3/c1-2-19-16(12-8-4-3-5-9-12)15(18(21)22)13-10-6-7-11-14(13)17(19)20/h3-11,15-16H,2H2,1H3,(H,21,22). The van der Waals surface area contributed by atoms with Gasteiger partial charge in [0.2, 0.25) is 0 Å². The molecule has 0 aliphatic carbocycles. The fraction of sp³-hybridized carbons (Fsp3) is 0.222. The van der Waals surface area contributed by atoms with E-state index in [9.17, 15) is 14.7 Å². The predicted octanol–water partition coefficient (Wildman–Crippen LogP) is 3.07. The van der Waals surface area contributed by atoms with Crippen LogP contribution in [0, 0.1) is 0 Å². The summed E-state index contributed by atoms with van der Waals surface area (Å²) < 4.78 is 0. The summed E-state index contributed by atoms with van der Waals surface area (Å²) in [5.41, 5.74) is 1.93. The summed E-state index contributed by atoms with van der Waals surface area (Å²) in [6.07, 6.45) is 0. The number of nitrogens with zero attached hydrogens (tertiary/aromatic N) is 1. The molecule has 0 fully saturated rings. The number of benzene rings is 2. The number of amides is 1. The monoisotopic (exact) mass is 295 g/mol. The molecule has 1 N–H and O–H groups in total. The minimum Gasteiger partial charge on any atom is -0.481 e. The van der Waals surface area contributed by atoms with Crippen molar-refractivity contribution in [3.63, 3.8) is 0 Å². The third-order valence-electron chi connectivity index (χ3n) is 4.19. The van der Waals surface area contributed by atoms with Crippen LogP contribution < -0.4 is 0 Å². The normalized spacial score (nSPS) is 20.6. The molecule has 22 heavy (non-hydrogen) atoms. The summed E-state index contributed by atoms with van der Waals surface area (Å²) in [5.74, 6) is -1.77. The molecule has 0 saturated carbocycles. The molecule has 0 spiro atoms. The van der Waals surface area contributed by atoms with E-state index < -0.39 is 17.9 Å². The van der Waals surface area contributed by atoms with Crippen LogP contribution >= 0.6 is 0 Å². The van der Waals surface area contributed by atoms with E-state index in [4.69, 9.17) is 0 Å². The summed E-state index contributed by atoms with van der Waals surface area (Å²) in [4.78, 5) is 26.3. The van der Waals surface area contributed by atoms with E-state index in [1.165, 1.54) is 0 Å². The Kier molecular flexibility index (Phi) is 3.67. The first kappa shape index (κ1) is 14.3. The Morgan fingerprint density at radius 2 is 1.73 bits per heavy atom. The summed E-state index contributed by atoms with van der Waals surface area (Å²) in [6, 6.07) is 15.9. The highest BCUT2D eigenvalue weighted by molar-refractivity contribution is 6.00. The third-order valence-corrected chi connectivity index (χ3v) is 4.19. The van der Waals surface area contributed by atoms with Gasteiger partial charge >= 0.3 is 5.97 Å². The maximum atomic E-state index is 12.7. The Balaban J connectivity index is 2.22. The van der Waals surface area contributed by atoms with Gasteiger partial charge in [-0.25, -0.2) is 0 Å². The lowest BCUT2D eigenvalue weighted by Crippen LogP contribution is -2.44. The zero-order chi connectivity index (χ0) is 15.7. The molecule has 3 rings (SSSR count). The van der Waals surface area contributed by atoms with Gasteiger partial charge in [0.15, 0.2) is 0 Å². The van der Waals surface area contributed by atoms with E-state index in [2.05, 4.69) is 0 Å². The van der Waals surface area contributed by atoms with Crippen LogP contribution in [-0.2, 0) is 4.79 Å². The second-order valence-corrected chi connectivity index (χ2v) is 5.35. The van der Waals surface area contributed by atoms with Gasteiger partial charge in [-0.2, -0.15) is 0 Å². The maximum Gasteiger partial charge on any atom is 0.313 e. The van der Waals surface area contributed by atoms with Crippen LogP contribution in [-0.4, -0.2) is 28.4 Å². The Bertz CT molecular complexity index is 711. The van der Waals surface area contributed by atoms with Crippen molar-refractivity contribution in [1.29, 1.82) is 0 Å². The van der Waals surface area contributed by atoms with Crippen LogP contribution in [0.2, 0.25) is 0 Å². The highest BCUT2D eigenvalue weighted by atomic mass is 16.4. The van der Waals surface area contributed by atoms with Crippen LogP contribution in [0.5, 0.6) is 0 Å². The van der Waals surface area contributed by atoms with Crippen LogP contribution in [0.3, 0.4) is 0 Å². The molecule has 0 saturated heterocycles. The molecule has 4 heteroatoms. The summed E-state index contributed by atoms with van der Waals surface area (Å²) in [5, 5.41) is 9.78. The number of hydrogen-bond donors (Lipinski definition) is 1. The number of carbonyl (C=O) groups excluding carboxylic acids is 1. The Morgan fingerprint density at radius 3 is 2.36 bits per heavy atom. The molecule has 2 aromatic rings. The van der Waals surface area contributed by atoms with Gasteiger partial charge in [0, 0.05) is 12.1 Å². The number of carboxylic acid groups (broad SMARTS) is 1. The van der Waals surface area contributed by atoms with Crippen molar-refractivity contribution in [1.82, 2.24) is 4.90 Å². The van der Waals surface area contributed by atoms with Crippen molar-refractivity contribution < 1.29 is 14.7 Å². The molecule has 1 aliphatic rings. The largest absolute Gasteiger partial charge is 0.481 e. The SMILES string of the molecule is CCN1C(=O)c2ccccc2C(C(=O)O)C1c1ccccc1. The molecule has 0 radical (unpaired) electrons. The van der Waals surface area contributed by atoms with E-state index in [1.54, 1.807) is 29.2 Å².